The van der Waals surface area contributed by atoms with Gasteiger partial charge in [-0.05, 0) is 33.1 Å². The Labute approximate surface area is 79.2 Å². The molecule has 0 aromatic rings. The van der Waals surface area contributed by atoms with Gasteiger partial charge in [-0.25, -0.2) is 4.99 Å². The molecule has 13 heavy (non-hydrogen) atoms. The Balaban J connectivity index is 2.88. The summed E-state index contributed by atoms with van der Waals surface area (Å²) in [7, 11) is 0. The maximum atomic E-state index is 5.52. The van der Waals surface area contributed by atoms with Crippen molar-refractivity contribution in [3.8, 4) is 0 Å². The Morgan fingerprint density at radius 2 is 2.38 bits per heavy atom. The summed E-state index contributed by atoms with van der Waals surface area (Å²) >= 11 is 0. The summed E-state index contributed by atoms with van der Waals surface area (Å²) in [4.78, 5) is 3.89. The highest BCUT2D eigenvalue weighted by Crippen LogP contribution is 2.12. The Morgan fingerprint density at radius 3 is 3.00 bits per heavy atom. The average Bonchev–Trinajstić information content (AvgIpc) is 2.28. The lowest BCUT2D eigenvalue weighted by Gasteiger charge is -2.06. The standard InChI is InChI=1S/C10H16N2O/c1-8(2)7-9-10(11-3)12-5-4-6-13-9/h7,12H,3-6H2,1-2H3. The summed E-state index contributed by atoms with van der Waals surface area (Å²) in [5.41, 5.74) is 1.19. The highest BCUT2D eigenvalue weighted by atomic mass is 16.5. The highest BCUT2D eigenvalue weighted by molar-refractivity contribution is 5.32. The summed E-state index contributed by atoms with van der Waals surface area (Å²) in [6.45, 7) is 9.20. The number of rotatable bonds is 2. The first-order valence-corrected chi connectivity index (χ1v) is 4.46. The lowest BCUT2D eigenvalue weighted by molar-refractivity contribution is 0.226. The van der Waals surface area contributed by atoms with Gasteiger partial charge in [0, 0.05) is 6.54 Å². The topological polar surface area (TPSA) is 33.6 Å². The maximum absolute atomic E-state index is 5.52. The SMILES string of the molecule is C=NC1=C(C=C(C)C)OCCCN1. The molecule has 0 aromatic carbocycles. The molecule has 1 aliphatic heterocycles. The number of nitrogens with zero attached hydrogens (tertiary/aromatic N) is 1. The van der Waals surface area contributed by atoms with Crippen LogP contribution in [0.25, 0.3) is 0 Å². The normalized spacial score (nSPS) is 16.8. The van der Waals surface area contributed by atoms with E-state index in [2.05, 4.69) is 17.0 Å². The third-order valence-corrected chi connectivity index (χ3v) is 1.68. The molecule has 3 heteroatoms. The van der Waals surface area contributed by atoms with E-state index >= 15 is 0 Å². The van der Waals surface area contributed by atoms with Gasteiger partial charge >= 0.3 is 0 Å². The van der Waals surface area contributed by atoms with Crippen molar-refractivity contribution in [1.82, 2.24) is 5.32 Å². The Kier molecular flexibility index (Phi) is 3.55. The summed E-state index contributed by atoms with van der Waals surface area (Å²) in [6.07, 6.45) is 2.97. The average molecular weight is 180 g/mol. The van der Waals surface area contributed by atoms with Crippen molar-refractivity contribution in [3.05, 3.63) is 23.2 Å². The van der Waals surface area contributed by atoms with Gasteiger partial charge in [0.05, 0.1) is 6.61 Å². The highest BCUT2D eigenvalue weighted by Gasteiger charge is 2.07. The lowest BCUT2D eigenvalue weighted by atomic mass is 10.3. The second-order valence-corrected chi connectivity index (χ2v) is 3.22. The van der Waals surface area contributed by atoms with Crippen LogP contribution in [0.1, 0.15) is 20.3 Å². The van der Waals surface area contributed by atoms with Crippen molar-refractivity contribution in [2.75, 3.05) is 13.2 Å². The molecule has 3 nitrogen and oxygen atoms in total. The third kappa shape index (κ3) is 2.93. The molecule has 0 fully saturated rings. The van der Waals surface area contributed by atoms with E-state index in [4.69, 9.17) is 4.74 Å². The summed E-state index contributed by atoms with van der Waals surface area (Å²) in [5, 5.41) is 3.17. The molecule has 1 heterocycles. The van der Waals surface area contributed by atoms with Gasteiger partial charge in [0.2, 0.25) is 0 Å². The van der Waals surface area contributed by atoms with E-state index in [0.717, 1.165) is 31.2 Å². The smallest absolute Gasteiger partial charge is 0.168 e. The van der Waals surface area contributed by atoms with Crippen LogP contribution in [-0.4, -0.2) is 19.9 Å². The minimum absolute atomic E-state index is 0.741. The third-order valence-electron chi connectivity index (χ3n) is 1.68. The van der Waals surface area contributed by atoms with Gasteiger partial charge in [0.1, 0.15) is 0 Å². The predicted octanol–water partition coefficient (Wildman–Crippen LogP) is 1.83. The molecule has 72 valence electrons. The van der Waals surface area contributed by atoms with Crippen molar-refractivity contribution in [1.29, 1.82) is 0 Å². The summed E-state index contributed by atoms with van der Waals surface area (Å²) in [5.74, 6) is 1.55. The second-order valence-electron chi connectivity index (χ2n) is 3.22. The van der Waals surface area contributed by atoms with Crippen molar-refractivity contribution < 1.29 is 4.74 Å². The summed E-state index contributed by atoms with van der Waals surface area (Å²) < 4.78 is 5.52. The van der Waals surface area contributed by atoms with Gasteiger partial charge < -0.3 is 10.1 Å². The van der Waals surface area contributed by atoms with E-state index in [1.165, 1.54) is 5.57 Å². The predicted molar refractivity (Wildman–Crippen MR) is 54.6 cm³/mol. The van der Waals surface area contributed by atoms with Gasteiger partial charge in [-0.3, -0.25) is 0 Å². The fraction of sp³-hybridized carbons (Fsp3) is 0.500. The van der Waals surface area contributed by atoms with E-state index in [0.29, 0.717) is 0 Å². The van der Waals surface area contributed by atoms with Gasteiger partial charge in [-0.1, -0.05) is 5.57 Å². The van der Waals surface area contributed by atoms with E-state index in [1.807, 2.05) is 19.9 Å². The van der Waals surface area contributed by atoms with Crippen LogP contribution in [0.2, 0.25) is 0 Å². The first-order chi connectivity index (χ1) is 6.24. The van der Waals surface area contributed by atoms with Crippen molar-refractivity contribution >= 4 is 6.72 Å². The van der Waals surface area contributed by atoms with E-state index < -0.39 is 0 Å². The molecule has 0 amide bonds. The van der Waals surface area contributed by atoms with Gasteiger partial charge in [0.25, 0.3) is 0 Å². The number of hydrogen-bond donors (Lipinski definition) is 1. The second kappa shape index (κ2) is 4.70. The molecule has 0 unspecified atom stereocenters. The molecular formula is C10H16N2O. The molecule has 0 aromatic heterocycles. The number of nitrogens with one attached hydrogen (secondary N) is 1. The first-order valence-electron chi connectivity index (χ1n) is 4.46. The van der Waals surface area contributed by atoms with Gasteiger partial charge in [-0.2, -0.15) is 0 Å². The number of aliphatic imine (C=N–C) groups is 1. The molecule has 0 saturated heterocycles. The largest absolute Gasteiger partial charge is 0.490 e. The zero-order valence-electron chi connectivity index (χ0n) is 8.26. The van der Waals surface area contributed by atoms with Crippen LogP contribution in [0.15, 0.2) is 28.2 Å². The quantitative estimate of drug-likeness (QED) is 0.658. The zero-order chi connectivity index (χ0) is 9.68. The zero-order valence-corrected chi connectivity index (χ0v) is 8.26. The van der Waals surface area contributed by atoms with Crippen molar-refractivity contribution in [3.63, 3.8) is 0 Å². The minimum Gasteiger partial charge on any atom is -0.490 e. The molecule has 1 N–H and O–H groups in total. The molecule has 0 spiro atoms. The fourth-order valence-corrected chi connectivity index (χ4v) is 1.12. The minimum atomic E-state index is 0.741. The van der Waals surface area contributed by atoms with E-state index in [1.54, 1.807) is 0 Å². The van der Waals surface area contributed by atoms with E-state index in [-0.39, 0.29) is 0 Å². The van der Waals surface area contributed by atoms with Crippen LogP contribution < -0.4 is 5.32 Å². The van der Waals surface area contributed by atoms with Crippen LogP contribution in [0, 0.1) is 0 Å². The fourth-order valence-electron chi connectivity index (χ4n) is 1.12. The van der Waals surface area contributed by atoms with Gasteiger partial charge in [0.15, 0.2) is 11.6 Å². The van der Waals surface area contributed by atoms with Crippen LogP contribution in [0.5, 0.6) is 0 Å². The van der Waals surface area contributed by atoms with Crippen LogP contribution in [0.3, 0.4) is 0 Å². The Hall–Kier alpha value is -1.25. The molecule has 1 aliphatic rings. The van der Waals surface area contributed by atoms with Crippen LogP contribution in [-0.2, 0) is 4.74 Å². The molecule has 1 rings (SSSR count). The van der Waals surface area contributed by atoms with Crippen LogP contribution >= 0.6 is 0 Å². The Morgan fingerprint density at radius 1 is 1.62 bits per heavy atom. The lowest BCUT2D eigenvalue weighted by Crippen LogP contribution is -2.12. The molecular weight excluding hydrogens is 164 g/mol. The number of hydrogen-bond acceptors (Lipinski definition) is 3. The van der Waals surface area contributed by atoms with Crippen molar-refractivity contribution in [2.45, 2.75) is 20.3 Å². The van der Waals surface area contributed by atoms with Crippen LogP contribution in [0.4, 0.5) is 0 Å². The molecule has 0 bridgehead atoms. The number of ether oxygens (including phenoxy) is 1. The molecule has 0 saturated carbocycles. The first kappa shape index (κ1) is 9.84. The molecule has 0 radical (unpaired) electrons. The number of allylic oxidation sites excluding steroid dienone is 2. The maximum Gasteiger partial charge on any atom is 0.168 e. The Bertz CT molecular complexity index is 250. The monoisotopic (exact) mass is 180 g/mol. The van der Waals surface area contributed by atoms with Crippen molar-refractivity contribution in [2.24, 2.45) is 4.99 Å². The summed E-state index contributed by atoms with van der Waals surface area (Å²) in [6, 6.07) is 0. The van der Waals surface area contributed by atoms with E-state index in [9.17, 15) is 0 Å². The molecule has 0 aliphatic carbocycles. The molecule has 0 atom stereocenters. The van der Waals surface area contributed by atoms with Gasteiger partial charge in [-0.15, -0.1) is 0 Å².